The number of rotatable bonds is 6. The zero-order valence-electron chi connectivity index (χ0n) is 16.9. The van der Waals surface area contributed by atoms with Gasteiger partial charge in [-0.2, -0.15) is 0 Å². The molecule has 0 unspecified atom stereocenters. The Morgan fingerprint density at radius 2 is 1.89 bits per heavy atom. The fourth-order valence-corrected chi connectivity index (χ4v) is 3.80. The van der Waals surface area contributed by atoms with Crippen molar-refractivity contribution in [2.45, 2.75) is 39.2 Å². The number of hydrogen-bond acceptors (Lipinski definition) is 4. The molecule has 0 radical (unpaired) electrons. The Hall–Kier alpha value is -1.71. The fourth-order valence-electron chi connectivity index (χ4n) is 3.80. The normalized spacial score (nSPS) is 17.0. The minimum absolute atomic E-state index is 0. The molecular formula is C20H31IN4O3. The first-order chi connectivity index (χ1) is 13.0. The third-order valence-electron chi connectivity index (χ3n) is 5.22. The molecule has 28 heavy (non-hydrogen) atoms. The Bertz CT molecular complexity index is 703. The highest BCUT2D eigenvalue weighted by molar-refractivity contribution is 14.0. The van der Waals surface area contributed by atoms with Crippen molar-refractivity contribution in [2.24, 2.45) is 10.4 Å². The predicted molar refractivity (Wildman–Crippen MR) is 120 cm³/mol. The molecule has 1 aromatic rings. The molecule has 1 heterocycles. The van der Waals surface area contributed by atoms with Gasteiger partial charge >= 0.3 is 0 Å². The number of aliphatic imine (C=N–C) groups is 1. The highest BCUT2D eigenvalue weighted by atomic mass is 127. The molecule has 0 spiro atoms. The van der Waals surface area contributed by atoms with Crippen molar-refractivity contribution in [2.75, 3.05) is 34.0 Å². The van der Waals surface area contributed by atoms with E-state index in [1.54, 1.807) is 4.90 Å². The lowest BCUT2D eigenvalue weighted by atomic mass is 9.84. The van der Waals surface area contributed by atoms with Crippen LogP contribution < -0.4 is 20.1 Å². The SMILES string of the molecule is CCNC(=NCc1ccc2c(c1)OCO2)NCC1(C(=O)N(C)C)CCCC1.I. The van der Waals surface area contributed by atoms with Crippen LogP contribution in [0.2, 0.25) is 0 Å². The number of ether oxygens (including phenoxy) is 2. The number of halogens is 1. The Kier molecular flexibility index (Phi) is 8.21. The summed E-state index contributed by atoms with van der Waals surface area (Å²) in [5, 5.41) is 6.67. The summed E-state index contributed by atoms with van der Waals surface area (Å²) in [5.41, 5.74) is 0.731. The number of amides is 1. The van der Waals surface area contributed by atoms with Crippen molar-refractivity contribution in [3.63, 3.8) is 0 Å². The molecule has 2 N–H and O–H groups in total. The number of hydrogen-bond donors (Lipinski definition) is 2. The van der Waals surface area contributed by atoms with E-state index in [1.165, 1.54) is 0 Å². The summed E-state index contributed by atoms with van der Waals surface area (Å²) < 4.78 is 10.8. The lowest BCUT2D eigenvalue weighted by molar-refractivity contribution is -0.138. The molecule has 3 rings (SSSR count). The maximum absolute atomic E-state index is 12.7. The minimum atomic E-state index is -0.321. The van der Waals surface area contributed by atoms with Gasteiger partial charge in [0.1, 0.15) is 0 Å². The summed E-state index contributed by atoms with van der Waals surface area (Å²) in [5.74, 6) is 2.48. The van der Waals surface area contributed by atoms with E-state index in [4.69, 9.17) is 9.47 Å². The molecule has 2 aliphatic rings. The van der Waals surface area contributed by atoms with Crippen LogP contribution in [-0.2, 0) is 11.3 Å². The smallest absolute Gasteiger partial charge is 0.231 e. The van der Waals surface area contributed by atoms with Crippen molar-refractivity contribution >= 4 is 35.8 Å². The van der Waals surface area contributed by atoms with Crippen molar-refractivity contribution in [1.82, 2.24) is 15.5 Å². The van der Waals surface area contributed by atoms with Crippen LogP contribution in [0.5, 0.6) is 11.5 Å². The van der Waals surface area contributed by atoms with Gasteiger partial charge in [0.15, 0.2) is 17.5 Å². The van der Waals surface area contributed by atoms with Gasteiger partial charge in [0.2, 0.25) is 12.7 Å². The number of guanidine groups is 1. The third-order valence-corrected chi connectivity index (χ3v) is 5.22. The molecule has 8 heteroatoms. The summed E-state index contributed by atoms with van der Waals surface area (Å²) in [6.45, 7) is 4.21. The maximum atomic E-state index is 12.7. The van der Waals surface area contributed by atoms with Crippen molar-refractivity contribution in [1.29, 1.82) is 0 Å². The molecule has 0 saturated heterocycles. The second-order valence-corrected chi connectivity index (χ2v) is 7.42. The van der Waals surface area contributed by atoms with Crippen LogP contribution >= 0.6 is 24.0 Å². The van der Waals surface area contributed by atoms with Crippen molar-refractivity contribution in [3.8, 4) is 11.5 Å². The molecule has 1 saturated carbocycles. The first-order valence-corrected chi connectivity index (χ1v) is 9.66. The summed E-state index contributed by atoms with van der Waals surface area (Å²) in [4.78, 5) is 19.1. The van der Waals surface area contributed by atoms with Gasteiger partial charge in [0, 0.05) is 27.2 Å². The number of fused-ring (bicyclic) bond motifs is 1. The Balaban J connectivity index is 0.00000280. The second-order valence-electron chi connectivity index (χ2n) is 7.42. The van der Waals surface area contributed by atoms with E-state index in [-0.39, 0.29) is 42.1 Å². The zero-order valence-corrected chi connectivity index (χ0v) is 19.2. The lowest BCUT2D eigenvalue weighted by Gasteiger charge is -2.31. The number of benzene rings is 1. The van der Waals surface area contributed by atoms with Crippen LogP contribution in [0, 0.1) is 5.41 Å². The van der Waals surface area contributed by atoms with E-state index >= 15 is 0 Å². The second kappa shape index (κ2) is 10.2. The van der Waals surface area contributed by atoms with Gasteiger partial charge in [0.05, 0.1) is 12.0 Å². The van der Waals surface area contributed by atoms with Gasteiger partial charge in [-0.25, -0.2) is 4.99 Å². The summed E-state index contributed by atoms with van der Waals surface area (Å²) in [6, 6.07) is 5.87. The molecule has 1 fully saturated rings. The molecule has 1 aliphatic heterocycles. The predicted octanol–water partition coefficient (Wildman–Crippen LogP) is 2.74. The quantitative estimate of drug-likeness (QED) is 0.356. The van der Waals surface area contributed by atoms with Gasteiger partial charge in [-0.05, 0) is 37.5 Å². The molecular weight excluding hydrogens is 471 g/mol. The molecule has 156 valence electrons. The molecule has 7 nitrogen and oxygen atoms in total. The van der Waals surface area contributed by atoms with Crippen molar-refractivity contribution in [3.05, 3.63) is 23.8 Å². The minimum Gasteiger partial charge on any atom is -0.454 e. The highest BCUT2D eigenvalue weighted by Gasteiger charge is 2.42. The van der Waals surface area contributed by atoms with Crippen LogP contribution in [0.4, 0.5) is 0 Å². The summed E-state index contributed by atoms with van der Waals surface area (Å²) in [7, 11) is 3.67. The van der Waals surface area contributed by atoms with Crippen LogP contribution in [0.1, 0.15) is 38.2 Å². The molecule has 1 aromatic carbocycles. The molecule has 1 amide bonds. The first-order valence-electron chi connectivity index (χ1n) is 9.66. The van der Waals surface area contributed by atoms with Gasteiger partial charge in [-0.3, -0.25) is 4.79 Å². The lowest BCUT2D eigenvalue weighted by Crippen LogP contribution is -2.49. The van der Waals surface area contributed by atoms with Crippen LogP contribution in [-0.4, -0.2) is 50.7 Å². The molecule has 0 aromatic heterocycles. The van der Waals surface area contributed by atoms with Crippen LogP contribution in [0.15, 0.2) is 23.2 Å². The van der Waals surface area contributed by atoms with E-state index in [1.807, 2.05) is 39.2 Å². The van der Waals surface area contributed by atoms with Gasteiger partial charge in [-0.15, -0.1) is 24.0 Å². The summed E-state index contributed by atoms with van der Waals surface area (Å²) in [6.07, 6.45) is 4.06. The van der Waals surface area contributed by atoms with E-state index in [0.29, 0.717) is 13.1 Å². The molecule has 1 aliphatic carbocycles. The number of nitrogens with zero attached hydrogens (tertiary/aromatic N) is 2. The summed E-state index contributed by atoms with van der Waals surface area (Å²) >= 11 is 0. The highest BCUT2D eigenvalue weighted by Crippen LogP contribution is 2.39. The van der Waals surface area contributed by atoms with E-state index < -0.39 is 0 Å². The molecule has 0 atom stereocenters. The zero-order chi connectivity index (χ0) is 19.3. The number of nitrogens with one attached hydrogen (secondary N) is 2. The largest absolute Gasteiger partial charge is 0.454 e. The van der Waals surface area contributed by atoms with Crippen LogP contribution in [0.3, 0.4) is 0 Å². The van der Waals surface area contributed by atoms with Crippen molar-refractivity contribution < 1.29 is 14.3 Å². The van der Waals surface area contributed by atoms with E-state index in [2.05, 4.69) is 15.6 Å². The van der Waals surface area contributed by atoms with Gasteiger partial charge < -0.3 is 25.0 Å². The fraction of sp³-hybridized carbons (Fsp3) is 0.600. The standard InChI is InChI=1S/C20H30N4O3.HI/c1-4-21-19(22-12-15-7-8-16-17(11-15)27-14-26-16)23-13-20(9-5-6-10-20)18(25)24(2)3;/h7-8,11H,4-6,9-10,12-14H2,1-3H3,(H2,21,22,23);1H. The third kappa shape index (κ3) is 5.21. The van der Waals surface area contributed by atoms with E-state index in [0.717, 1.165) is 55.3 Å². The van der Waals surface area contributed by atoms with Crippen LogP contribution in [0.25, 0.3) is 0 Å². The Morgan fingerprint density at radius 3 is 2.57 bits per heavy atom. The average molecular weight is 502 g/mol. The average Bonchev–Trinajstić information content (AvgIpc) is 3.32. The Morgan fingerprint density at radius 1 is 1.18 bits per heavy atom. The van der Waals surface area contributed by atoms with Gasteiger partial charge in [-0.1, -0.05) is 18.9 Å². The first kappa shape index (κ1) is 22.6. The molecule has 0 bridgehead atoms. The maximum Gasteiger partial charge on any atom is 0.231 e. The van der Waals surface area contributed by atoms with E-state index in [9.17, 15) is 4.79 Å². The number of carbonyl (C=O) groups is 1. The Labute approximate surface area is 184 Å². The topological polar surface area (TPSA) is 75.2 Å². The monoisotopic (exact) mass is 502 g/mol. The number of carbonyl (C=O) groups excluding carboxylic acids is 1. The van der Waals surface area contributed by atoms with Gasteiger partial charge in [0.25, 0.3) is 0 Å².